The quantitative estimate of drug-likeness (QED) is 0.606. The van der Waals surface area contributed by atoms with Gasteiger partial charge in [0.25, 0.3) is 0 Å². The van der Waals surface area contributed by atoms with Crippen molar-refractivity contribution in [1.29, 1.82) is 0 Å². The maximum Gasteiger partial charge on any atom is 0.147 e. The normalized spacial score (nSPS) is 10.7. The first-order valence-corrected chi connectivity index (χ1v) is 8.30. The van der Waals surface area contributed by atoms with E-state index in [2.05, 4.69) is 23.4 Å². The molecule has 2 aromatic heterocycles. The molecule has 0 radical (unpaired) electrons. The summed E-state index contributed by atoms with van der Waals surface area (Å²) in [5, 5.41) is 0.727. The molecule has 0 amide bonds. The van der Waals surface area contributed by atoms with Crippen LogP contribution in [0.5, 0.6) is 5.75 Å². The highest BCUT2D eigenvalue weighted by molar-refractivity contribution is 6.30. The Morgan fingerprint density at radius 3 is 2.52 bits per heavy atom. The van der Waals surface area contributed by atoms with Gasteiger partial charge < -0.3 is 14.0 Å². The van der Waals surface area contributed by atoms with Crippen LogP contribution >= 0.6 is 24.0 Å². The van der Waals surface area contributed by atoms with E-state index in [4.69, 9.17) is 21.1 Å². The zero-order valence-electron chi connectivity index (χ0n) is 14.6. The van der Waals surface area contributed by atoms with Crippen LogP contribution in [0.4, 0.5) is 0 Å². The molecule has 0 saturated carbocycles. The Hall–Kier alpha value is -1.75. The van der Waals surface area contributed by atoms with E-state index in [9.17, 15) is 0 Å². The lowest BCUT2D eigenvalue weighted by molar-refractivity contribution is 0.187. The maximum absolute atomic E-state index is 6.09. The van der Waals surface area contributed by atoms with Gasteiger partial charge in [-0.05, 0) is 37.1 Å². The molecule has 0 atom stereocenters. The van der Waals surface area contributed by atoms with Gasteiger partial charge in [-0.15, -0.1) is 12.4 Å². The van der Waals surface area contributed by atoms with E-state index >= 15 is 0 Å². The van der Waals surface area contributed by atoms with Gasteiger partial charge in [0, 0.05) is 36.6 Å². The second-order valence-electron chi connectivity index (χ2n) is 5.78. The zero-order valence-corrected chi connectivity index (χ0v) is 16.2. The van der Waals surface area contributed by atoms with Crippen LogP contribution in [0.25, 0.3) is 11.0 Å². The second-order valence-corrected chi connectivity index (χ2v) is 6.21. The van der Waals surface area contributed by atoms with Crippen LogP contribution in [0.1, 0.15) is 16.8 Å². The lowest BCUT2D eigenvalue weighted by Gasteiger charge is -2.12. The van der Waals surface area contributed by atoms with Crippen LogP contribution in [0.3, 0.4) is 0 Å². The predicted molar refractivity (Wildman–Crippen MR) is 104 cm³/mol. The van der Waals surface area contributed by atoms with Gasteiger partial charge in [0.1, 0.15) is 17.9 Å². The molecule has 0 fully saturated rings. The average Bonchev–Trinajstić information content (AvgIpc) is 2.84. The Morgan fingerprint density at radius 2 is 1.84 bits per heavy atom. The van der Waals surface area contributed by atoms with E-state index in [1.807, 2.05) is 30.3 Å². The molecule has 3 aromatic rings. The largest absolute Gasteiger partial charge is 0.487 e. The third kappa shape index (κ3) is 4.09. The van der Waals surface area contributed by atoms with Crippen molar-refractivity contribution in [2.75, 3.05) is 13.7 Å². The molecule has 3 rings (SSSR count). The highest BCUT2D eigenvalue weighted by Crippen LogP contribution is 2.31. The molecule has 0 spiro atoms. The van der Waals surface area contributed by atoms with Crippen molar-refractivity contribution in [3.05, 3.63) is 58.4 Å². The third-order valence-corrected chi connectivity index (χ3v) is 4.54. The number of rotatable bonds is 6. The number of halogens is 2. The first kappa shape index (κ1) is 19.6. The molecule has 1 aromatic carbocycles. The fourth-order valence-corrected chi connectivity index (χ4v) is 2.96. The molecule has 0 saturated heterocycles. The molecule has 0 aliphatic heterocycles. The van der Waals surface area contributed by atoms with Crippen LogP contribution in [0, 0.1) is 13.8 Å². The lowest BCUT2D eigenvalue weighted by atomic mass is 10.2. The molecule has 4 nitrogen and oxygen atoms in total. The summed E-state index contributed by atoms with van der Waals surface area (Å²) in [6.07, 6.45) is 1.80. The summed E-state index contributed by atoms with van der Waals surface area (Å²) >= 11 is 5.93. The summed E-state index contributed by atoms with van der Waals surface area (Å²) in [4.78, 5) is 4.54. The number of nitrogens with zero attached hydrogens (tertiary/aromatic N) is 2. The first-order valence-electron chi connectivity index (χ1n) is 7.92. The average molecular weight is 381 g/mol. The van der Waals surface area contributed by atoms with Gasteiger partial charge in [0.15, 0.2) is 0 Å². The number of aryl methyl sites for hydroxylation is 1. The van der Waals surface area contributed by atoms with Gasteiger partial charge in [0.2, 0.25) is 0 Å². The van der Waals surface area contributed by atoms with Crippen molar-refractivity contribution < 1.29 is 9.47 Å². The summed E-state index contributed by atoms with van der Waals surface area (Å²) in [7, 11) is 1.71. The molecular weight excluding hydrogens is 359 g/mol. The minimum Gasteiger partial charge on any atom is -0.487 e. The number of aromatic nitrogens is 2. The van der Waals surface area contributed by atoms with Gasteiger partial charge in [-0.25, -0.2) is 0 Å². The van der Waals surface area contributed by atoms with Crippen LogP contribution in [0.2, 0.25) is 5.02 Å². The molecule has 0 aliphatic carbocycles. The Labute approximate surface area is 159 Å². The molecule has 0 unspecified atom stereocenters. The van der Waals surface area contributed by atoms with Gasteiger partial charge in [-0.2, -0.15) is 0 Å². The maximum atomic E-state index is 6.09. The smallest absolute Gasteiger partial charge is 0.147 e. The van der Waals surface area contributed by atoms with E-state index in [-0.39, 0.29) is 12.4 Å². The minimum absolute atomic E-state index is 0. The van der Waals surface area contributed by atoms with Crippen molar-refractivity contribution in [1.82, 2.24) is 9.55 Å². The van der Waals surface area contributed by atoms with Gasteiger partial charge >= 0.3 is 0 Å². The summed E-state index contributed by atoms with van der Waals surface area (Å²) in [6, 6.07) is 9.61. The van der Waals surface area contributed by atoms with Crippen molar-refractivity contribution in [2.45, 2.75) is 27.0 Å². The predicted octanol–water partition coefficient (Wildman–Crippen LogP) is 4.95. The summed E-state index contributed by atoms with van der Waals surface area (Å²) in [6.45, 7) is 6.11. The third-order valence-electron chi connectivity index (χ3n) is 4.29. The van der Waals surface area contributed by atoms with Crippen LogP contribution in [0.15, 0.2) is 36.5 Å². The first-order chi connectivity index (χ1) is 11.6. The lowest BCUT2D eigenvalue weighted by Crippen LogP contribution is -2.07. The Bertz CT molecular complexity index is 845. The standard InChI is InChI=1S/C19H21ClN2O2.ClH/c1-13-14(2)22(10-11-23-3)19-17(8-9-21-18(13)19)24-12-15-4-6-16(20)7-5-15;/h4-9H,10-12H2,1-3H3;1H. The molecular formula is C19H22Cl2N2O2. The number of pyridine rings is 1. The van der Waals surface area contributed by atoms with Crippen molar-refractivity contribution in [3.63, 3.8) is 0 Å². The fraction of sp³-hybridized carbons (Fsp3) is 0.316. The van der Waals surface area contributed by atoms with E-state index in [0.717, 1.165) is 33.9 Å². The number of hydrogen-bond donors (Lipinski definition) is 0. The highest BCUT2D eigenvalue weighted by Gasteiger charge is 2.16. The van der Waals surface area contributed by atoms with E-state index in [1.54, 1.807) is 13.3 Å². The fourth-order valence-electron chi connectivity index (χ4n) is 2.83. The monoisotopic (exact) mass is 380 g/mol. The number of benzene rings is 1. The van der Waals surface area contributed by atoms with Crippen LogP contribution in [-0.4, -0.2) is 23.3 Å². The summed E-state index contributed by atoms with van der Waals surface area (Å²) < 4.78 is 13.6. The Morgan fingerprint density at radius 1 is 1.12 bits per heavy atom. The zero-order chi connectivity index (χ0) is 17.1. The van der Waals surface area contributed by atoms with Crippen molar-refractivity contribution in [3.8, 4) is 5.75 Å². The van der Waals surface area contributed by atoms with Crippen molar-refractivity contribution >= 4 is 35.0 Å². The summed E-state index contributed by atoms with van der Waals surface area (Å²) in [5.41, 5.74) is 5.46. The molecule has 134 valence electrons. The molecule has 6 heteroatoms. The van der Waals surface area contributed by atoms with Gasteiger partial charge in [0.05, 0.1) is 12.1 Å². The van der Waals surface area contributed by atoms with Crippen molar-refractivity contribution in [2.24, 2.45) is 0 Å². The van der Waals surface area contributed by atoms with Gasteiger partial charge in [-0.3, -0.25) is 4.98 Å². The molecule has 0 N–H and O–H groups in total. The van der Waals surface area contributed by atoms with Gasteiger partial charge in [-0.1, -0.05) is 23.7 Å². The Kier molecular flexibility index (Phi) is 6.71. The summed E-state index contributed by atoms with van der Waals surface area (Å²) in [5.74, 6) is 0.835. The SMILES string of the molecule is COCCn1c(C)c(C)c2nccc(OCc3ccc(Cl)cc3)c21.Cl. The second kappa shape index (κ2) is 8.56. The molecule has 0 bridgehead atoms. The molecule has 25 heavy (non-hydrogen) atoms. The molecule has 0 aliphatic rings. The highest BCUT2D eigenvalue weighted by atomic mass is 35.5. The molecule has 2 heterocycles. The number of methoxy groups -OCH3 is 1. The number of hydrogen-bond acceptors (Lipinski definition) is 3. The van der Waals surface area contributed by atoms with Crippen LogP contribution in [-0.2, 0) is 17.9 Å². The minimum atomic E-state index is 0. The number of fused-ring (bicyclic) bond motifs is 1. The van der Waals surface area contributed by atoms with E-state index in [1.165, 1.54) is 11.3 Å². The van der Waals surface area contributed by atoms with E-state index < -0.39 is 0 Å². The Balaban J connectivity index is 0.00000225. The topological polar surface area (TPSA) is 36.3 Å². The number of ether oxygens (including phenoxy) is 2. The van der Waals surface area contributed by atoms with E-state index in [0.29, 0.717) is 13.2 Å². The van der Waals surface area contributed by atoms with Crippen LogP contribution < -0.4 is 4.74 Å².